The van der Waals surface area contributed by atoms with Crippen LogP contribution in [0.1, 0.15) is 39.7 Å². The van der Waals surface area contributed by atoms with Gasteiger partial charge in [0.25, 0.3) is 5.91 Å². The first-order chi connectivity index (χ1) is 10.8. The van der Waals surface area contributed by atoms with Crippen molar-refractivity contribution in [3.63, 3.8) is 0 Å². The zero-order chi connectivity index (χ0) is 17.1. The van der Waals surface area contributed by atoms with Crippen molar-refractivity contribution in [2.45, 2.75) is 20.8 Å². The Morgan fingerprint density at radius 1 is 1.35 bits per heavy atom. The standard InChI is InChI=1S/C17H17N5O/c1-9-10(2)16(21-8-12(9)7-18)17(23)22-13-4-5-15(20)14(6-13)11(3)19/h4-6,8,19H,20H2,1-3H3,(H,22,23). The first kappa shape index (κ1) is 16.2. The lowest BCUT2D eigenvalue weighted by Crippen LogP contribution is -2.17. The van der Waals surface area contributed by atoms with Crippen LogP contribution in [-0.4, -0.2) is 16.6 Å². The monoisotopic (exact) mass is 307 g/mol. The summed E-state index contributed by atoms with van der Waals surface area (Å²) in [6.07, 6.45) is 1.40. The molecule has 4 N–H and O–H groups in total. The van der Waals surface area contributed by atoms with Crippen LogP contribution in [0, 0.1) is 30.6 Å². The van der Waals surface area contributed by atoms with Crippen LogP contribution in [-0.2, 0) is 0 Å². The van der Waals surface area contributed by atoms with Gasteiger partial charge < -0.3 is 16.5 Å². The molecule has 1 aromatic heterocycles. The Hall–Kier alpha value is -3.20. The van der Waals surface area contributed by atoms with E-state index in [4.69, 9.17) is 16.4 Å². The molecule has 6 heteroatoms. The van der Waals surface area contributed by atoms with E-state index in [-0.39, 0.29) is 11.6 Å². The normalized spacial score (nSPS) is 10.0. The average molecular weight is 307 g/mol. The molecule has 6 nitrogen and oxygen atoms in total. The van der Waals surface area contributed by atoms with E-state index in [1.807, 2.05) is 6.07 Å². The quantitative estimate of drug-likeness (QED) is 0.597. The molecule has 1 aromatic carbocycles. The molecular weight excluding hydrogens is 290 g/mol. The molecule has 116 valence electrons. The van der Waals surface area contributed by atoms with Crippen molar-refractivity contribution < 1.29 is 4.79 Å². The molecule has 1 heterocycles. The first-order valence-electron chi connectivity index (χ1n) is 6.97. The molecule has 2 rings (SSSR count). The van der Waals surface area contributed by atoms with E-state index >= 15 is 0 Å². The van der Waals surface area contributed by atoms with Gasteiger partial charge in [0.05, 0.1) is 5.56 Å². The molecular formula is C17H17N5O. The maximum Gasteiger partial charge on any atom is 0.274 e. The second kappa shape index (κ2) is 6.28. The fraction of sp³-hybridized carbons (Fsp3) is 0.176. The molecule has 0 fully saturated rings. The van der Waals surface area contributed by atoms with Crippen molar-refractivity contribution in [2.75, 3.05) is 11.1 Å². The van der Waals surface area contributed by atoms with Crippen molar-refractivity contribution in [3.05, 3.63) is 52.3 Å². The van der Waals surface area contributed by atoms with E-state index < -0.39 is 0 Å². The molecule has 0 aliphatic carbocycles. The minimum Gasteiger partial charge on any atom is -0.398 e. The van der Waals surface area contributed by atoms with Gasteiger partial charge in [-0.15, -0.1) is 0 Å². The maximum absolute atomic E-state index is 12.4. The van der Waals surface area contributed by atoms with Crippen LogP contribution in [0.3, 0.4) is 0 Å². The van der Waals surface area contributed by atoms with Crippen LogP contribution < -0.4 is 11.1 Å². The molecule has 0 saturated carbocycles. The minimum atomic E-state index is -0.367. The predicted octanol–water partition coefficient (Wildman–Crippen LogP) is 2.79. The lowest BCUT2D eigenvalue weighted by molar-refractivity contribution is 0.102. The van der Waals surface area contributed by atoms with E-state index in [0.717, 1.165) is 5.56 Å². The number of hydrogen-bond acceptors (Lipinski definition) is 5. The van der Waals surface area contributed by atoms with Gasteiger partial charge in [0.15, 0.2) is 0 Å². The maximum atomic E-state index is 12.4. The third-order valence-electron chi connectivity index (χ3n) is 3.70. The molecule has 23 heavy (non-hydrogen) atoms. The van der Waals surface area contributed by atoms with Crippen LogP contribution in [0.5, 0.6) is 0 Å². The van der Waals surface area contributed by atoms with Gasteiger partial charge in [0.1, 0.15) is 11.8 Å². The largest absolute Gasteiger partial charge is 0.398 e. The van der Waals surface area contributed by atoms with Crippen LogP contribution >= 0.6 is 0 Å². The summed E-state index contributed by atoms with van der Waals surface area (Å²) < 4.78 is 0. The summed E-state index contributed by atoms with van der Waals surface area (Å²) >= 11 is 0. The Bertz CT molecular complexity index is 849. The number of amides is 1. The van der Waals surface area contributed by atoms with Gasteiger partial charge in [-0.3, -0.25) is 4.79 Å². The zero-order valence-electron chi connectivity index (χ0n) is 13.2. The lowest BCUT2D eigenvalue weighted by atomic mass is 10.0. The predicted molar refractivity (Wildman–Crippen MR) is 89.7 cm³/mol. The fourth-order valence-corrected chi connectivity index (χ4v) is 2.19. The summed E-state index contributed by atoms with van der Waals surface area (Å²) in [5.41, 5.74) is 9.85. The molecule has 0 radical (unpaired) electrons. The molecule has 1 amide bonds. The van der Waals surface area contributed by atoms with Gasteiger partial charge in [-0.25, -0.2) is 4.98 Å². The Kier molecular flexibility index (Phi) is 4.42. The number of benzene rings is 1. The minimum absolute atomic E-state index is 0.270. The molecule has 0 saturated heterocycles. The van der Waals surface area contributed by atoms with Gasteiger partial charge in [0, 0.05) is 28.8 Å². The van der Waals surface area contributed by atoms with Crippen LogP contribution in [0.2, 0.25) is 0 Å². The molecule has 0 spiro atoms. The van der Waals surface area contributed by atoms with Crippen molar-refractivity contribution in [3.8, 4) is 6.07 Å². The summed E-state index contributed by atoms with van der Waals surface area (Å²) in [7, 11) is 0. The third-order valence-corrected chi connectivity index (χ3v) is 3.70. The molecule has 0 aliphatic heterocycles. The Balaban J connectivity index is 2.34. The van der Waals surface area contributed by atoms with Gasteiger partial charge in [-0.05, 0) is 50.1 Å². The highest BCUT2D eigenvalue weighted by atomic mass is 16.1. The number of aromatic nitrogens is 1. The van der Waals surface area contributed by atoms with E-state index in [0.29, 0.717) is 33.8 Å². The van der Waals surface area contributed by atoms with E-state index in [1.54, 1.807) is 39.0 Å². The number of hydrogen-bond donors (Lipinski definition) is 3. The number of nitriles is 1. The van der Waals surface area contributed by atoms with E-state index in [9.17, 15) is 4.79 Å². The van der Waals surface area contributed by atoms with Gasteiger partial charge >= 0.3 is 0 Å². The highest BCUT2D eigenvalue weighted by Crippen LogP contribution is 2.20. The number of nitrogens with two attached hydrogens (primary N) is 1. The molecule has 0 unspecified atom stereocenters. The van der Waals surface area contributed by atoms with E-state index in [2.05, 4.69) is 10.3 Å². The first-order valence-corrected chi connectivity index (χ1v) is 6.97. The van der Waals surface area contributed by atoms with Crippen molar-refractivity contribution in [1.82, 2.24) is 4.98 Å². The van der Waals surface area contributed by atoms with Gasteiger partial charge in [0.2, 0.25) is 0 Å². The molecule has 0 atom stereocenters. The number of rotatable bonds is 3. The van der Waals surface area contributed by atoms with Crippen molar-refractivity contribution in [1.29, 1.82) is 10.7 Å². The average Bonchev–Trinajstić information content (AvgIpc) is 2.51. The summed E-state index contributed by atoms with van der Waals surface area (Å²) in [6, 6.07) is 7.02. The van der Waals surface area contributed by atoms with Crippen molar-refractivity contribution >= 4 is 23.0 Å². The highest BCUT2D eigenvalue weighted by Gasteiger charge is 2.15. The number of pyridine rings is 1. The number of nitrogen functional groups attached to an aromatic ring is 1. The zero-order valence-corrected chi connectivity index (χ0v) is 13.2. The Morgan fingerprint density at radius 3 is 2.65 bits per heavy atom. The number of anilines is 2. The summed E-state index contributed by atoms with van der Waals surface area (Å²) in [6.45, 7) is 5.17. The molecule has 2 aromatic rings. The van der Waals surface area contributed by atoms with Gasteiger partial charge in [-0.1, -0.05) is 0 Å². The second-order valence-electron chi connectivity index (χ2n) is 5.26. The van der Waals surface area contributed by atoms with Crippen molar-refractivity contribution in [2.24, 2.45) is 0 Å². The number of carbonyl (C=O) groups excluding carboxylic acids is 1. The molecule has 0 bridgehead atoms. The van der Waals surface area contributed by atoms with Gasteiger partial charge in [-0.2, -0.15) is 5.26 Å². The summed E-state index contributed by atoms with van der Waals surface area (Å²) in [5.74, 6) is -0.367. The third kappa shape index (κ3) is 3.19. The SMILES string of the molecule is CC(=N)c1cc(NC(=O)c2ncc(C#N)c(C)c2C)ccc1N. The van der Waals surface area contributed by atoms with Crippen LogP contribution in [0.15, 0.2) is 24.4 Å². The number of carbonyl (C=O) groups is 1. The van der Waals surface area contributed by atoms with E-state index in [1.165, 1.54) is 6.20 Å². The number of nitrogens with zero attached hydrogens (tertiary/aromatic N) is 2. The Morgan fingerprint density at radius 2 is 2.04 bits per heavy atom. The van der Waals surface area contributed by atoms with Crippen LogP contribution in [0.4, 0.5) is 11.4 Å². The Labute approximate surface area is 134 Å². The fourth-order valence-electron chi connectivity index (χ4n) is 2.19. The summed E-state index contributed by atoms with van der Waals surface area (Å²) in [5, 5.41) is 19.4. The lowest BCUT2D eigenvalue weighted by Gasteiger charge is -2.11. The topological polar surface area (TPSA) is 116 Å². The highest BCUT2D eigenvalue weighted by molar-refractivity contribution is 6.06. The second-order valence-corrected chi connectivity index (χ2v) is 5.26. The smallest absolute Gasteiger partial charge is 0.274 e. The molecule has 0 aliphatic rings. The van der Waals surface area contributed by atoms with Crippen LogP contribution in [0.25, 0.3) is 0 Å². The number of nitrogens with one attached hydrogen (secondary N) is 2. The summed E-state index contributed by atoms with van der Waals surface area (Å²) in [4.78, 5) is 16.5.